The topological polar surface area (TPSA) is 113 Å². The van der Waals surface area contributed by atoms with Gasteiger partial charge >= 0.3 is 0 Å². The van der Waals surface area contributed by atoms with Gasteiger partial charge < -0.3 is 10.2 Å². The number of anilines is 2. The van der Waals surface area contributed by atoms with Gasteiger partial charge in [-0.3, -0.25) is 24.3 Å². The predicted molar refractivity (Wildman–Crippen MR) is 142 cm³/mol. The van der Waals surface area contributed by atoms with Gasteiger partial charge in [-0.05, 0) is 17.7 Å². The molecule has 0 aliphatic carbocycles. The smallest absolute Gasteiger partial charge is 0.291 e. The maximum Gasteiger partial charge on any atom is 0.291 e. The molecule has 0 radical (unpaired) electrons. The van der Waals surface area contributed by atoms with Crippen LogP contribution in [0.25, 0.3) is 0 Å². The summed E-state index contributed by atoms with van der Waals surface area (Å²) >= 11 is 1.29. The molecule has 3 amide bonds. The minimum atomic E-state index is -0.894. The van der Waals surface area contributed by atoms with Crippen LogP contribution in [0.2, 0.25) is 0 Å². The zero-order chi connectivity index (χ0) is 27.1. The van der Waals surface area contributed by atoms with E-state index in [1.165, 1.54) is 47.2 Å². The molecular formula is C27H22FN7O3S. The van der Waals surface area contributed by atoms with Gasteiger partial charge in [0, 0.05) is 35.5 Å². The van der Waals surface area contributed by atoms with Crippen LogP contribution in [-0.2, 0) is 17.9 Å². The molecule has 0 bridgehead atoms. The Bertz CT molecular complexity index is 1610. The molecular weight excluding hydrogens is 521 g/mol. The second-order valence-corrected chi connectivity index (χ2v) is 10.2. The minimum Gasteiger partial charge on any atom is -0.337 e. The maximum atomic E-state index is 15.3. The standard InChI is InChI=1S/C27H22FN7O3S/c1-33-21-10-18(28)20(35-13-17-8-5-9-29-23(17)27(35)38)11-22(21)39-14-19(26(33)37)31-25(36)24-30-15-34(32-24)12-16-6-3-2-4-7-16/h2-11,15,19H,12-14H2,1H3,(H,31,36)/t19-/m0/s1. The third-order valence-corrected chi connectivity index (χ3v) is 7.75. The van der Waals surface area contributed by atoms with Crippen LogP contribution in [0.15, 0.2) is 72.0 Å². The normalized spacial score (nSPS) is 16.6. The molecule has 4 heterocycles. The highest BCUT2D eigenvalue weighted by atomic mass is 32.2. The van der Waals surface area contributed by atoms with Crippen molar-refractivity contribution < 1.29 is 18.8 Å². The molecule has 10 nitrogen and oxygen atoms in total. The number of fused-ring (bicyclic) bond motifs is 2. The number of carbonyl (C=O) groups excluding carboxylic acids is 3. The fourth-order valence-corrected chi connectivity index (χ4v) is 5.72. The molecule has 0 fully saturated rings. The van der Waals surface area contributed by atoms with Crippen molar-refractivity contribution in [1.29, 1.82) is 0 Å². The van der Waals surface area contributed by atoms with Crippen LogP contribution in [-0.4, -0.2) is 56.3 Å². The molecule has 4 aromatic rings. The number of hydrogen-bond donors (Lipinski definition) is 1. The number of pyridine rings is 1. The molecule has 12 heteroatoms. The van der Waals surface area contributed by atoms with E-state index in [0.717, 1.165) is 11.1 Å². The predicted octanol–water partition coefficient (Wildman–Crippen LogP) is 2.89. The summed E-state index contributed by atoms with van der Waals surface area (Å²) in [6.07, 6.45) is 2.99. The van der Waals surface area contributed by atoms with Gasteiger partial charge in [0.1, 0.15) is 23.9 Å². The maximum absolute atomic E-state index is 15.3. The molecule has 2 aliphatic rings. The van der Waals surface area contributed by atoms with Gasteiger partial charge in [-0.25, -0.2) is 14.1 Å². The Labute approximate surface area is 226 Å². The number of likely N-dealkylation sites (N-methyl/N-ethyl adjacent to an activating group) is 1. The molecule has 1 atom stereocenters. The summed E-state index contributed by atoms with van der Waals surface area (Å²) in [7, 11) is 1.53. The number of rotatable bonds is 5. The van der Waals surface area contributed by atoms with Gasteiger partial charge in [0.05, 0.1) is 24.5 Å². The summed E-state index contributed by atoms with van der Waals surface area (Å²) in [5.74, 6) is -1.85. The highest BCUT2D eigenvalue weighted by molar-refractivity contribution is 7.99. The van der Waals surface area contributed by atoms with Crippen molar-refractivity contribution in [2.24, 2.45) is 0 Å². The molecule has 2 aromatic carbocycles. The number of benzene rings is 2. The Morgan fingerprint density at radius 3 is 2.72 bits per heavy atom. The van der Waals surface area contributed by atoms with Crippen molar-refractivity contribution in [3.05, 3.63) is 95.6 Å². The molecule has 2 aromatic heterocycles. The number of thioether (sulfide) groups is 1. The molecule has 0 unspecified atom stereocenters. The summed E-state index contributed by atoms with van der Waals surface area (Å²) < 4.78 is 16.8. The second kappa shape index (κ2) is 9.95. The monoisotopic (exact) mass is 543 g/mol. The van der Waals surface area contributed by atoms with E-state index in [1.807, 2.05) is 30.3 Å². The lowest BCUT2D eigenvalue weighted by atomic mass is 10.2. The average Bonchev–Trinajstić information content (AvgIpc) is 3.53. The molecule has 196 valence electrons. The number of aromatic nitrogens is 4. The first-order valence-corrected chi connectivity index (χ1v) is 13.1. The van der Waals surface area contributed by atoms with Crippen molar-refractivity contribution in [3.63, 3.8) is 0 Å². The Balaban J connectivity index is 1.19. The summed E-state index contributed by atoms with van der Waals surface area (Å²) in [5, 5.41) is 6.95. The quantitative estimate of drug-likeness (QED) is 0.412. The summed E-state index contributed by atoms with van der Waals surface area (Å²) in [5.41, 5.74) is 2.50. The summed E-state index contributed by atoms with van der Waals surface area (Å²) in [6, 6.07) is 15.1. The number of halogens is 1. The fourth-order valence-electron chi connectivity index (χ4n) is 4.61. The van der Waals surface area contributed by atoms with E-state index in [-0.39, 0.29) is 29.7 Å². The van der Waals surface area contributed by atoms with Crippen molar-refractivity contribution in [3.8, 4) is 0 Å². The molecule has 6 rings (SSSR count). The van der Waals surface area contributed by atoms with Crippen molar-refractivity contribution in [1.82, 2.24) is 25.1 Å². The number of nitrogens with one attached hydrogen (secondary N) is 1. The lowest BCUT2D eigenvalue weighted by Crippen LogP contribution is -2.48. The number of amides is 3. The zero-order valence-electron chi connectivity index (χ0n) is 20.7. The first-order chi connectivity index (χ1) is 18.9. The minimum absolute atomic E-state index is 0.0535. The summed E-state index contributed by atoms with van der Waals surface area (Å²) in [4.78, 5) is 50.5. The lowest BCUT2D eigenvalue weighted by molar-refractivity contribution is -0.119. The first kappa shape index (κ1) is 24.7. The van der Waals surface area contributed by atoms with Crippen molar-refractivity contribution in [2.45, 2.75) is 24.0 Å². The van der Waals surface area contributed by atoms with E-state index < -0.39 is 23.7 Å². The van der Waals surface area contributed by atoms with Crippen LogP contribution in [0.3, 0.4) is 0 Å². The van der Waals surface area contributed by atoms with Crippen LogP contribution in [0.4, 0.5) is 15.8 Å². The van der Waals surface area contributed by atoms with Crippen LogP contribution in [0.5, 0.6) is 0 Å². The van der Waals surface area contributed by atoms with E-state index in [2.05, 4.69) is 20.4 Å². The van der Waals surface area contributed by atoms with E-state index in [1.54, 1.807) is 22.9 Å². The molecule has 2 aliphatic heterocycles. The van der Waals surface area contributed by atoms with Gasteiger partial charge in [-0.15, -0.1) is 16.9 Å². The Hall–Kier alpha value is -4.58. The Kier molecular flexibility index (Phi) is 6.31. The van der Waals surface area contributed by atoms with E-state index in [4.69, 9.17) is 0 Å². The molecule has 0 saturated carbocycles. The average molecular weight is 544 g/mol. The van der Waals surface area contributed by atoms with Crippen molar-refractivity contribution in [2.75, 3.05) is 22.6 Å². The highest BCUT2D eigenvalue weighted by Crippen LogP contribution is 2.40. The molecule has 0 spiro atoms. The van der Waals surface area contributed by atoms with Gasteiger partial charge in [-0.2, -0.15) is 0 Å². The molecule has 0 saturated heterocycles. The van der Waals surface area contributed by atoms with Crippen LogP contribution in [0, 0.1) is 5.82 Å². The lowest BCUT2D eigenvalue weighted by Gasteiger charge is -2.23. The Morgan fingerprint density at radius 1 is 1.10 bits per heavy atom. The van der Waals surface area contributed by atoms with Crippen LogP contribution >= 0.6 is 11.8 Å². The third-order valence-electron chi connectivity index (χ3n) is 6.61. The second-order valence-electron chi connectivity index (χ2n) is 9.16. The van der Waals surface area contributed by atoms with Gasteiger partial charge in [0.2, 0.25) is 11.7 Å². The van der Waals surface area contributed by atoms with Gasteiger partial charge in [0.25, 0.3) is 11.8 Å². The SMILES string of the molecule is CN1C(=O)[C@@H](NC(=O)c2ncn(Cc3ccccc3)n2)CSc2cc(N3Cc4cccnc4C3=O)c(F)cc21. The third kappa shape index (κ3) is 4.63. The van der Waals surface area contributed by atoms with Crippen LogP contribution < -0.4 is 15.1 Å². The largest absolute Gasteiger partial charge is 0.337 e. The highest BCUT2D eigenvalue weighted by Gasteiger charge is 2.35. The molecule has 1 N–H and O–H groups in total. The summed E-state index contributed by atoms with van der Waals surface area (Å²) in [6.45, 7) is 0.658. The van der Waals surface area contributed by atoms with Gasteiger partial charge in [-0.1, -0.05) is 36.4 Å². The molecule has 39 heavy (non-hydrogen) atoms. The zero-order valence-corrected chi connectivity index (χ0v) is 21.6. The van der Waals surface area contributed by atoms with Gasteiger partial charge in [0.15, 0.2) is 0 Å². The Morgan fingerprint density at radius 2 is 1.92 bits per heavy atom. The number of carbonyl (C=O) groups is 3. The van der Waals surface area contributed by atoms with Crippen LogP contribution in [0.1, 0.15) is 32.2 Å². The van der Waals surface area contributed by atoms with E-state index in [0.29, 0.717) is 22.8 Å². The number of hydrogen-bond acceptors (Lipinski definition) is 7. The van der Waals surface area contributed by atoms with E-state index >= 15 is 4.39 Å². The fraction of sp³-hybridized carbons (Fsp3) is 0.185. The number of nitrogens with zero attached hydrogens (tertiary/aromatic N) is 6. The van der Waals surface area contributed by atoms with Crippen molar-refractivity contribution >= 4 is 40.9 Å². The van der Waals surface area contributed by atoms with E-state index in [9.17, 15) is 14.4 Å². The first-order valence-electron chi connectivity index (χ1n) is 12.1.